The van der Waals surface area contributed by atoms with Gasteiger partial charge in [0.1, 0.15) is 5.01 Å². The van der Waals surface area contributed by atoms with Gasteiger partial charge in [-0.1, -0.05) is 17.4 Å². The van der Waals surface area contributed by atoms with Crippen molar-refractivity contribution in [2.75, 3.05) is 0 Å². The summed E-state index contributed by atoms with van der Waals surface area (Å²) in [6.07, 6.45) is 7.02. The van der Waals surface area contributed by atoms with Gasteiger partial charge in [-0.15, -0.1) is 10.2 Å². The molecule has 150 valence electrons. The van der Waals surface area contributed by atoms with E-state index in [1.165, 1.54) is 11.3 Å². The first-order valence-electron chi connectivity index (χ1n) is 9.42. The van der Waals surface area contributed by atoms with Crippen LogP contribution in [0.4, 0.5) is 0 Å². The van der Waals surface area contributed by atoms with Crippen LogP contribution in [0.25, 0.3) is 21.8 Å². The van der Waals surface area contributed by atoms with Crippen LogP contribution in [0, 0.1) is 20.8 Å². The van der Waals surface area contributed by atoms with E-state index in [1.54, 1.807) is 24.8 Å². The SMILES string of the molecule is Cc1cc(-c2ncc(CNC(=O)c3nnc(-c4cnccc4C)s3)cc2C)ccn1. The van der Waals surface area contributed by atoms with Crippen LogP contribution in [0.1, 0.15) is 32.2 Å². The van der Waals surface area contributed by atoms with E-state index < -0.39 is 0 Å². The molecule has 1 amide bonds. The van der Waals surface area contributed by atoms with E-state index in [4.69, 9.17) is 0 Å². The Hall–Kier alpha value is -3.52. The molecule has 0 saturated heterocycles. The molecule has 0 bridgehead atoms. The van der Waals surface area contributed by atoms with Crippen LogP contribution < -0.4 is 5.32 Å². The Morgan fingerprint density at radius 1 is 1.00 bits per heavy atom. The molecule has 4 heterocycles. The van der Waals surface area contributed by atoms with Gasteiger partial charge in [-0.05, 0) is 55.7 Å². The van der Waals surface area contributed by atoms with Crippen LogP contribution in [0.3, 0.4) is 0 Å². The largest absolute Gasteiger partial charge is 0.346 e. The van der Waals surface area contributed by atoms with Crippen molar-refractivity contribution in [1.29, 1.82) is 0 Å². The topological polar surface area (TPSA) is 93.6 Å². The number of nitrogens with zero attached hydrogens (tertiary/aromatic N) is 5. The third-order valence-corrected chi connectivity index (χ3v) is 5.60. The molecular weight excluding hydrogens is 396 g/mol. The minimum Gasteiger partial charge on any atom is -0.346 e. The van der Waals surface area contributed by atoms with Gasteiger partial charge in [-0.2, -0.15) is 0 Å². The maximum absolute atomic E-state index is 12.5. The number of rotatable bonds is 5. The van der Waals surface area contributed by atoms with Crippen LogP contribution >= 0.6 is 11.3 Å². The highest BCUT2D eigenvalue weighted by Gasteiger charge is 2.15. The van der Waals surface area contributed by atoms with Crippen molar-refractivity contribution in [3.63, 3.8) is 0 Å². The predicted octanol–water partition coefficient (Wildman–Crippen LogP) is 3.91. The van der Waals surface area contributed by atoms with Gasteiger partial charge in [0.05, 0.1) is 5.69 Å². The monoisotopic (exact) mass is 416 g/mol. The smallest absolute Gasteiger partial charge is 0.282 e. The Labute approximate surface area is 178 Å². The number of carbonyl (C=O) groups is 1. The van der Waals surface area contributed by atoms with Gasteiger partial charge in [0.25, 0.3) is 5.91 Å². The first kappa shape index (κ1) is 19.8. The van der Waals surface area contributed by atoms with Crippen molar-refractivity contribution < 1.29 is 4.79 Å². The van der Waals surface area contributed by atoms with E-state index in [-0.39, 0.29) is 5.91 Å². The first-order valence-corrected chi connectivity index (χ1v) is 10.2. The second-order valence-electron chi connectivity index (χ2n) is 6.98. The fourth-order valence-electron chi connectivity index (χ4n) is 3.09. The summed E-state index contributed by atoms with van der Waals surface area (Å²) in [6, 6.07) is 7.89. The number of carbonyl (C=O) groups excluding carboxylic acids is 1. The van der Waals surface area contributed by atoms with Crippen molar-refractivity contribution in [2.24, 2.45) is 0 Å². The lowest BCUT2D eigenvalue weighted by Gasteiger charge is -2.09. The van der Waals surface area contributed by atoms with Gasteiger partial charge in [0, 0.05) is 48.2 Å². The summed E-state index contributed by atoms with van der Waals surface area (Å²) in [5.74, 6) is -0.258. The Bertz CT molecular complexity index is 1220. The van der Waals surface area contributed by atoms with Crippen molar-refractivity contribution in [3.8, 4) is 21.8 Å². The molecule has 0 aromatic carbocycles. The molecule has 0 fully saturated rings. The van der Waals surface area contributed by atoms with Crippen molar-refractivity contribution in [3.05, 3.63) is 76.4 Å². The number of nitrogens with one attached hydrogen (secondary N) is 1. The average molecular weight is 417 g/mol. The van der Waals surface area contributed by atoms with Crippen molar-refractivity contribution in [1.82, 2.24) is 30.5 Å². The van der Waals surface area contributed by atoms with E-state index in [9.17, 15) is 4.79 Å². The van der Waals surface area contributed by atoms with E-state index in [0.717, 1.165) is 39.2 Å². The zero-order valence-electron chi connectivity index (χ0n) is 16.9. The first-order chi connectivity index (χ1) is 14.5. The average Bonchev–Trinajstić information content (AvgIpc) is 3.22. The summed E-state index contributed by atoms with van der Waals surface area (Å²) in [5.41, 5.74) is 6.78. The fourth-order valence-corrected chi connectivity index (χ4v) is 3.93. The summed E-state index contributed by atoms with van der Waals surface area (Å²) in [5, 5.41) is 12.1. The minimum absolute atomic E-state index is 0.258. The van der Waals surface area contributed by atoms with E-state index in [0.29, 0.717) is 16.6 Å². The predicted molar refractivity (Wildman–Crippen MR) is 116 cm³/mol. The molecular formula is C22H20N6OS. The molecule has 4 aromatic rings. The summed E-state index contributed by atoms with van der Waals surface area (Å²) in [4.78, 5) is 25.4. The molecule has 7 nitrogen and oxygen atoms in total. The number of aromatic nitrogens is 5. The van der Waals surface area contributed by atoms with E-state index in [1.807, 2.05) is 45.0 Å². The lowest BCUT2D eigenvalue weighted by Crippen LogP contribution is -2.22. The Kier molecular flexibility index (Phi) is 5.58. The molecule has 0 aliphatic rings. The Balaban J connectivity index is 1.44. The maximum Gasteiger partial charge on any atom is 0.282 e. The standard InChI is InChI=1S/C22H20N6OS/c1-13-4-6-23-12-18(13)21-27-28-22(30-21)20(29)26-11-16-8-14(2)19(25-10-16)17-5-7-24-15(3)9-17/h4-10,12H,11H2,1-3H3,(H,26,29). The van der Waals surface area contributed by atoms with Crippen molar-refractivity contribution >= 4 is 17.2 Å². The second kappa shape index (κ2) is 8.46. The van der Waals surface area contributed by atoms with Crippen LogP contribution in [0.2, 0.25) is 0 Å². The maximum atomic E-state index is 12.5. The zero-order chi connectivity index (χ0) is 21.1. The van der Waals surface area contributed by atoms with Gasteiger partial charge < -0.3 is 5.32 Å². The zero-order valence-corrected chi connectivity index (χ0v) is 17.7. The third kappa shape index (κ3) is 4.23. The molecule has 0 atom stereocenters. The molecule has 4 aromatic heterocycles. The third-order valence-electron chi connectivity index (χ3n) is 4.65. The highest BCUT2D eigenvalue weighted by molar-refractivity contribution is 7.16. The molecule has 0 aliphatic carbocycles. The van der Waals surface area contributed by atoms with Crippen LogP contribution in [0.15, 0.2) is 49.1 Å². The van der Waals surface area contributed by atoms with E-state index in [2.05, 4.69) is 30.5 Å². The highest BCUT2D eigenvalue weighted by atomic mass is 32.1. The summed E-state index contributed by atoms with van der Waals surface area (Å²) < 4.78 is 0. The summed E-state index contributed by atoms with van der Waals surface area (Å²) in [7, 11) is 0. The van der Waals surface area contributed by atoms with Crippen LogP contribution in [-0.4, -0.2) is 31.1 Å². The van der Waals surface area contributed by atoms with Crippen molar-refractivity contribution in [2.45, 2.75) is 27.3 Å². The minimum atomic E-state index is -0.258. The van der Waals surface area contributed by atoms with Gasteiger partial charge in [-0.25, -0.2) is 0 Å². The van der Waals surface area contributed by atoms with Gasteiger partial charge >= 0.3 is 0 Å². The molecule has 8 heteroatoms. The Morgan fingerprint density at radius 3 is 2.63 bits per heavy atom. The number of hydrogen-bond donors (Lipinski definition) is 1. The van der Waals surface area contributed by atoms with Gasteiger partial charge in [0.2, 0.25) is 5.01 Å². The normalized spacial score (nSPS) is 10.8. The van der Waals surface area contributed by atoms with E-state index >= 15 is 0 Å². The number of aryl methyl sites for hydroxylation is 3. The Morgan fingerprint density at radius 2 is 1.87 bits per heavy atom. The van der Waals surface area contributed by atoms with Gasteiger partial charge in [0.15, 0.2) is 0 Å². The number of pyridine rings is 3. The molecule has 4 rings (SSSR count). The fraction of sp³-hybridized carbons (Fsp3) is 0.182. The molecule has 0 unspecified atom stereocenters. The molecule has 0 saturated carbocycles. The van der Waals surface area contributed by atoms with Crippen LogP contribution in [-0.2, 0) is 6.54 Å². The highest BCUT2D eigenvalue weighted by Crippen LogP contribution is 2.26. The quantitative estimate of drug-likeness (QED) is 0.530. The second-order valence-corrected chi connectivity index (χ2v) is 7.96. The number of amides is 1. The molecule has 30 heavy (non-hydrogen) atoms. The number of hydrogen-bond acceptors (Lipinski definition) is 7. The summed E-state index contributed by atoms with van der Waals surface area (Å²) in [6.45, 7) is 6.31. The molecule has 0 aliphatic heterocycles. The van der Waals surface area contributed by atoms with Gasteiger partial charge in [-0.3, -0.25) is 19.7 Å². The summed E-state index contributed by atoms with van der Waals surface area (Å²) >= 11 is 1.25. The molecule has 1 N–H and O–H groups in total. The lowest BCUT2D eigenvalue weighted by molar-refractivity contribution is 0.0949. The lowest BCUT2D eigenvalue weighted by atomic mass is 10.1. The molecule has 0 radical (unpaired) electrons. The van der Waals surface area contributed by atoms with Crippen LogP contribution in [0.5, 0.6) is 0 Å². The molecule has 0 spiro atoms.